The van der Waals surface area contributed by atoms with Gasteiger partial charge >= 0.3 is 0 Å². The van der Waals surface area contributed by atoms with Crippen LogP contribution < -0.4 is 4.90 Å². The fourth-order valence-electron chi connectivity index (χ4n) is 4.15. The Kier molecular flexibility index (Phi) is 5.42. The van der Waals surface area contributed by atoms with Gasteiger partial charge in [-0.2, -0.15) is 0 Å². The lowest BCUT2D eigenvalue weighted by Gasteiger charge is -2.42. The fraction of sp³-hybridized carbons (Fsp3) is 0.364. The van der Waals surface area contributed by atoms with Gasteiger partial charge in [-0.05, 0) is 68.0 Å². The molecule has 0 aromatic heterocycles. The molecule has 4 rings (SSSR count). The summed E-state index contributed by atoms with van der Waals surface area (Å²) in [6.07, 6.45) is 8.04. The number of benzene rings is 2. The van der Waals surface area contributed by atoms with Crippen molar-refractivity contribution in [2.75, 3.05) is 11.2 Å². The van der Waals surface area contributed by atoms with Crippen molar-refractivity contribution in [1.29, 1.82) is 0 Å². The number of hydrogen-bond acceptors (Lipinski definition) is 3. The maximum atomic E-state index is 5.05. The Morgan fingerprint density at radius 2 is 1.81 bits per heavy atom. The van der Waals surface area contributed by atoms with Crippen molar-refractivity contribution in [2.45, 2.75) is 44.6 Å². The predicted octanol–water partition coefficient (Wildman–Crippen LogP) is 6.73. The van der Waals surface area contributed by atoms with Gasteiger partial charge in [0.2, 0.25) is 0 Å². The molecule has 1 fully saturated rings. The minimum Gasteiger partial charge on any atom is -0.307 e. The number of rotatable bonds is 2. The number of nitrogens with zero attached hydrogens (tertiary/aromatic N) is 3. The molecule has 3 nitrogen and oxygen atoms in total. The van der Waals surface area contributed by atoms with Crippen molar-refractivity contribution in [3.63, 3.8) is 0 Å². The maximum Gasteiger partial charge on any atom is 0.170 e. The molecule has 2 aliphatic rings. The normalized spacial score (nSPS) is 20.3. The summed E-state index contributed by atoms with van der Waals surface area (Å²) in [7, 11) is 0. The Labute approximate surface area is 174 Å². The summed E-state index contributed by atoms with van der Waals surface area (Å²) in [5.74, 6) is 0.972. The highest BCUT2D eigenvalue weighted by Gasteiger charge is 2.49. The first-order valence-electron chi connectivity index (χ1n) is 9.47. The average Bonchev–Trinajstić information content (AvgIpc) is 2.96. The lowest BCUT2D eigenvalue weighted by atomic mass is 9.79. The second kappa shape index (κ2) is 7.80. The lowest BCUT2D eigenvalue weighted by Crippen LogP contribution is -2.52. The van der Waals surface area contributed by atoms with E-state index in [1.54, 1.807) is 11.8 Å². The molecule has 1 aliphatic heterocycles. The van der Waals surface area contributed by atoms with E-state index in [4.69, 9.17) is 9.98 Å². The van der Waals surface area contributed by atoms with Gasteiger partial charge in [-0.1, -0.05) is 59.1 Å². The highest BCUT2D eigenvalue weighted by Crippen LogP contribution is 2.44. The topological polar surface area (TPSA) is 28.0 Å². The molecule has 1 heterocycles. The van der Waals surface area contributed by atoms with Crippen molar-refractivity contribution < 1.29 is 0 Å². The summed E-state index contributed by atoms with van der Waals surface area (Å²) >= 11 is 5.27. The molecule has 27 heavy (non-hydrogen) atoms. The van der Waals surface area contributed by atoms with Crippen molar-refractivity contribution in [2.24, 2.45) is 9.98 Å². The third-order valence-electron chi connectivity index (χ3n) is 5.42. The minimum absolute atomic E-state index is 0.131. The summed E-state index contributed by atoms with van der Waals surface area (Å²) < 4.78 is 1.10. The Bertz CT molecular complexity index is 883. The molecule has 1 spiro atoms. The van der Waals surface area contributed by atoms with E-state index in [2.05, 4.69) is 82.5 Å². The van der Waals surface area contributed by atoms with Crippen molar-refractivity contribution in [3.05, 3.63) is 58.6 Å². The fourth-order valence-corrected chi connectivity index (χ4v) is 5.05. The first-order valence-corrected chi connectivity index (χ1v) is 11.5. The monoisotopic (exact) mass is 441 g/mol. The molecule has 1 saturated carbocycles. The molecule has 0 amide bonds. The van der Waals surface area contributed by atoms with Crippen LogP contribution in [0.5, 0.6) is 0 Å². The number of aryl methyl sites for hydroxylation is 1. The van der Waals surface area contributed by atoms with Crippen LogP contribution in [0.15, 0.2) is 63.0 Å². The van der Waals surface area contributed by atoms with E-state index >= 15 is 0 Å². The number of halogens is 1. The van der Waals surface area contributed by atoms with Gasteiger partial charge in [-0.25, -0.2) is 9.98 Å². The summed E-state index contributed by atoms with van der Waals surface area (Å²) in [6.45, 7) is 2.11. The van der Waals surface area contributed by atoms with E-state index in [1.165, 1.54) is 30.5 Å². The molecule has 1 aliphatic carbocycles. The van der Waals surface area contributed by atoms with Crippen LogP contribution in [0.25, 0.3) is 0 Å². The van der Waals surface area contributed by atoms with Gasteiger partial charge in [0.05, 0.1) is 5.69 Å². The molecular weight excluding hydrogens is 418 g/mol. The zero-order chi connectivity index (χ0) is 18.9. The van der Waals surface area contributed by atoms with E-state index in [9.17, 15) is 0 Å². The largest absolute Gasteiger partial charge is 0.307 e. The van der Waals surface area contributed by atoms with Gasteiger partial charge in [0.25, 0.3) is 0 Å². The van der Waals surface area contributed by atoms with E-state index in [-0.39, 0.29) is 5.54 Å². The Hall–Kier alpha value is -1.59. The molecule has 5 heteroatoms. The second-order valence-electron chi connectivity index (χ2n) is 7.28. The SMILES string of the molecule is CSC1=NC(=Nc2cccc(C)c2)C2(CCCCC2)N1c1ccc(Br)cc1. The molecule has 140 valence electrons. The third-order valence-corrected chi connectivity index (χ3v) is 6.59. The maximum absolute atomic E-state index is 5.05. The predicted molar refractivity (Wildman–Crippen MR) is 122 cm³/mol. The van der Waals surface area contributed by atoms with E-state index in [0.717, 1.165) is 34.0 Å². The molecule has 0 N–H and O–H groups in total. The van der Waals surface area contributed by atoms with Gasteiger partial charge < -0.3 is 4.90 Å². The highest BCUT2D eigenvalue weighted by molar-refractivity contribution is 9.10. The van der Waals surface area contributed by atoms with Gasteiger partial charge in [-0.15, -0.1) is 0 Å². The van der Waals surface area contributed by atoms with Gasteiger partial charge in [0.15, 0.2) is 11.0 Å². The van der Waals surface area contributed by atoms with Crippen LogP contribution in [0, 0.1) is 6.92 Å². The van der Waals surface area contributed by atoms with Gasteiger partial charge in [0.1, 0.15) is 5.54 Å². The van der Waals surface area contributed by atoms with Crippen LogP contribution in [0.1, 0.15) is 37.7 Å². The molecule has 0 unspecified atom stereocenters. The summed E-state index contributed by atoms with van der Waals surface area (Å²) in [5, 5.41) is 1.05. The Balaban J connectivity index is 1.83. The van der Waals surface area contributed by atoms with Crippen LogP contribution in [-0.2, 0) is 0 Å². The lowest BCUT2D eigenvalue weighted by molar-refractivity contribution is 0.385. The molecule has 0 saturated heterocycles. The number of aliphatic imine (C=N–C) groups is 2. The molecular formula is C22H24BrN3S. The first-order chi connectivity index (χ1) is 13.1. The molecule has 2 aromatic rings. The average molecular weight is 442 g/mol. The molecule has 0 bridgehead atoms. The van der Waals surface area contributed by atoms with Crippen LogP contribution in [0.4, 0.5) is 11.4 Å². The zero-order valence-electron chi connectivity index (χ0n) is 15.8. The van der Waals surface area contributed by atoms with Crippen LogP contribution >= 0.6 is 27.7 Å². The molecule has 0 radical (unpaired) electrons. The Morgan fingerprint density at radius 1 is 1.07 bits per heavy atom. The van der Waals surface area contributed by atoms with Crippen molar-refractivity contribution in [3.8, 4) is 0 Å². The number of amidine groups is 2. The van der Waals surface area contributed by atoms with Crippen molar-refractivity contribution in [1.82, 2.24) is 0 Å². The minimum atomic E-state index is -0.131. The molecule has 0 atom stereocenters. The Morgan fingerprint density at radius 3 is 2.48 bits per heavy atom. The van der Waals surface area contributed by atoms with Crippen molar-refractivity contribution >= 4 is 50.1 Å². The van der Waals surface area contributed by atoms with E-state index in [0.29, 0.717) is 0 Å². The summed E-state index contributed by atoms with van der Waals surface area (Å²) in [5.41, 5.74) is 3.29. The van der Waals surface area contributed by atoms with Gasteiger partial charge in [-0.3, -0.25) is 0 Å². The summed E-state index contributed by atoms with van der Waals surface area (Å²) in [6, 6.07) is 17.0. The van der Waals surface area contributed by atoms with Crippen LogP contribution in [0.3, 0.4) is 0 Å². The second-order valence-corrected chi connectivity index (χ2v) is 8.97. The molecule has 2 aromatic carbocycles. The zero-order valence-corrected chi connectivity index (χ0v) is 18.2. The smallest absolute Gasteiger partial charge is 0.170 e. The first kappa shape index (κ1) is 18.8. The van der Waals surface area contributed by atoms with Crippen LogP contribution in [-0.4, -0.2) is 22.8 Å². The number of thioether (sulfide) groups is 1. The summed E-state index contributed by atoms with van der Waals surface area (Å²) in [4.78, 5) is 12.5. The van der Waals surface area contributed by atoms with E-state index in [1.807, 2.05) is 0 Å². The van der Waals surface area contributed by atoms with Gasteiger partial charge in [0, 0.05) is 10.2 Å². The quantitative estimate of drug-likeness (QED) is 0.516. The number of anilines is 1. The highest BCUT2D eigenvalue weighted by atomic mass is 79.9. The standard InChI is InChI=1S/C22H24BrN3S/c1-16-7-6-8-18(15-16)24-20-22(13-4-3-5-14-22)26(21(25-20)27-2)19-11-9-17(23)10-12-19/h6-12,15H,3-5,13-14H2,1-2H3. The van der Waals surface area contributed by atoms with Crippen LogP contribution in [0.2, 0.25) is 0 Å². The van der Waals surface area contributed by atoms with E-state index < -0.39 is 0 Å². The third kappa shape index (κ3) is 3.59. The number of hydrogen-bond donors (Lipinski definition) is 0.